The summed E-state index contributed by atoms with van der Waals surface area (Å²) in [5.74, 6) is 1.00. The van der Waals surface area contributed by atoms with E-state index in [4.69, 9.17) is 4.74 Å². The Balaban J connectivity index is 1.86. The van der Waals surface area contributed by atoms with Gasteiger partial charge < -0.3 is 15.4 Å². The van der Waals surface area contributed by atoms with Crippen molar-refractivity contribution in [2.75, 3.05) is 39.9 Å². The zero-order valence-corrected chi connectivity index (χ0v) is 16.8. The summed E-state index contributed by atoms with van der Waals surface area (Å²) in [5, 5.41) is 6.64. The van der Waals surface area contributed by atoms with Crippen LogP contribution in [-0.4, -0.2) is 56.8 Å². The molecule has 2 N–H and O–H groups in total. The lowest BCUT2D eigenvalue weighted by Crippen LogP contribution is -2.52. The van der Waals surface area contributed by atoms with E-state index >= 15 is 0 Å². The maximum atomic E-state index is 13.6. The monoisotopic (exact) mass is 414 g/mol. The molecular formula is C18H28BrFN4O. The predicted octanol–water partition coefficient (Wildman–Crippen LogP) is 2.61. The van der Waals surface area contributed by atoms with Gasteiger partial charge in [0.25, 0.3) is 0 Å². The molecule has 1 aromatic rings. The molecule has 0 aromatic heterocycles. The Labute approximate surface area is 158 Å². The van der Waals surface area contributed by atoms with E-state index in [0.29, 0.717) is 23.0 Å². The molecule has 7 heteroatoms. The van der Waals surface area contributed by atoms with Crippen LogP contribution >= 0.6 is 15.9 Å². The lowest BCUT2D eigenvalue weighted by Gasteiger charge is -2.37. The maximum Gasteiger partial charge on any atom is 0.191 e. The number of guanidine groups is 1. The van der Waals surface area contributed by atoms with Crippen molar-refractivity contribution in [2.45, 2.75) is 26.4 Å². The Morgan fingerprint density at radius 2 is 2.04 bits per heavy atom. The first-order valence-corrected chi connectivity index (χ1v) is 9.50. The molecule has 2 rings (SSSR count). The van der Waals surface area contributed by atoms with Crippen LogP contribution in [-0.2, 0) is 11.3 Å². The molecule has 1 aromatic carbocycles. The summed E-state index contributed by atoms with van der Waals surface area (Å²) in [6.45, 7) is 9.34. The second-order valence-corrected chi connectivity index (χ2v) is 7.37. The van der Waals surface area contributed by atoms with E-state index in [0.717, 1.165) is 44.4 Å². The van der Waals surface area contributed by atoms with Crippen molar-refractivity contribution in [3.8, 4) is 0 Å². The molecule has 0 bridgehead atoms. The Morgan fingerprint density at radius 1 is 1.32 bits per heavy atom. The molecule has 0 saturated carbocycles. The number of halogens is 2. The fourth-order valence-electron chi connectivity index (χ4n) is 2.95. The molecule has 25 heavy (non-hydrogen) atoms. The lowest BCUT2D eigenvalue weighted by atomic mass is 10.0. The van der Waals surface area contributed by atoms with Gasteiger partial charge in [0, 0.05) is 39.3 Å². The molecule has 140 valence electrons. The minimum atomic E-state index is -0.255. The van der Waals surface area contributed by atoms with Crippen molar-refractivity contribution < 1.29 is 9.13 Å². The van der Waals surface area contributed by atoms with Crippen molar-refractivity contribution in [3.63, 3.8) is 0 Å². The summed E-state index contributed by atoms with van der Waals surface area (Å²) in [4.78, 5) is 6.74. The molecule has 1 atom stereocenters. The second kappa shape index (κ2) is 10.1. The summed E-state index contributed by atoms with van der Waals surface area (Å²) in [6.07, 6.45) is 0. The molecule has 1 aliphatic heterocycles. The van der Waals surface area contributed by atoms with Gasteiger partial charge in [-0.1, -0.05) is 19.9 Å². The van der Waals surface area contributed by atoms with Gasteiger partial charge in [-0.05, 0) is 39.5 Å². The number of aliphatic imine (C=N–C) groups is 1. The number of nitrogens with one attached hydrogen (secondary N) is 2. The maximum absolute atomic E-state index is 13.6. The molecule has 0 spiro atoms. The van der Waals surface area contributed by atoms with E-state index in [1.54, 1.807) is 13.1 Å². The highest BCUT2D eigenvalue weighted by molar-refractivity contribution is 9.10. The topological polar surface area (TPSA) is 48.9 Å². The van der Waals surface area contributed by atoms with Gasteiger partial charge in [-0.3, -0.25) is 9.89 Å². The van der Waals surface area contributed by atoms with E-state index in [2.05, 4.69) is 50.3 Å². The first-order chi connectivity index (χ1) is 12.0. The highest BCUT2D eigenvalue weighted by atomic mass is 79.9. The van der Waals surface area contributed by atoms with Crippen molar-refractivity contribution >= 4 is 21.9 Å². The fraction of sp³-hybridized carbons (Fsp3) is 0.611. The molecule has 1 unspecified atom stereocenters. The highest BCUT2D eigenvalue weighted by Crippen LogP contribution is 2.16. The standard InChI is InChI=1S/C18H28BrFN4O/c1-13(2)17(24-6-8-25-9-7-24)12-23-18(21-3)22-11-14-4-5-15(19)16(20)10-14/h4-5,10,13,17H,6-9,11-12H2,1-3H3,(H2,21,22,23). The molecule has 1 heterocycles. The smallest absolute Gasteiger partial charge is 0.191 e. The average molecular weight is 415 g/mol. The van der Waals surface area contributed by atoms with Gasteiger partial charge in [-0.25, -0.2) is 4.39 Å². The van der Waals surface area contributed by atoms with Gasteiger partial charge in [0.2, 0.25) is 0 Å². The third-order valence-electron chi connectivity index (χ3n) is 4.43. The Kier molecular flexibility index (Phi) is 8.12. The summed E-state index contributed by atoms with van der Waals surface area (Å²) in [5.41, 5.74) is 0.872. The molecule has 0 radical (unpaired) electrons. The van der Waals surface area contributed by atoms with Crippen molar-refractivity contribution in [2.24, 2.45) is 10.9 Å². The molecule has 5 nitrogen and oxygen atoms in total. The summed E-state index contributed by atoms with van der Waals surface area (Å²) >= 11 is 3.17. The minimum Gasteiger partial charge on any atom is -0.379 e. The number of hydrogen-bond acceptors (Lipinski definition) is 3. The van der Waals surface area contributed by atoms with E-state index < -0.39 is 0 Å². The third-order valence-corrected chi connectivity index (χ3v) is 5.07. The first-order valence-electron chi connectivity index (χ1n) is 8.71. The zero-order chi connectivity index (χ0) is 18.2. The van der Waals surface area contributed by atoms with Crippen molar-refractivity contribution in [3.05, 3.63) is 34.1 Å². The summed E-state index contributed by atoms with van der Waals surface area (Å²) in [7, 11) is 1.75. The average Bonchev–Trinajstić information content (AvgIpc) is 2.61. The van der Waals surface area contributed by atoms with Gasteiger partial charge in [0.05, 0.1) is 17.7 Å². The van der Waals surface area contributed by atoms with E-state index in [-0.39, 0.29) is 5.82 Å². The molecule has 1 fully saturated rings. The molecule has 0 aliphatic carbocycles. The van der Waals surface area contributed by atoms with Crippen LogP contribution in [0.15, 0.2) is 27.7 Å². The molecule has 1 saturated heterocycles. The summed E-state index contributed by atoms with van der Waals surface area (Å²) < 4.78 is 19.5. The largest absolute Gasteiger partial charge is 0.379 e. The highest BCUT2D eigenvalue weighted by Gasteiger charge is 2.23. The minimum absolute atomic E-state index is 0.255. The van der Waals surface area contributed by atoms with E-state index in [1.165, 1.54) is 6.07 Å². The number of rotatable bonds is 6. The normalized spacial score (nSPS) is 17.6. The predicted molar refractivity (Wildman–Crippen MR) is 103 cm³/mol. The van der Waals surface area contributed by atoms with Crippen LogP contribution in [0.3, 0.4) is 0 Å². The number of benzene rings is 1. The van der Waals surface area contributed by atoms with Gasteiger partial charge in [-0.2, -0.15) is 0 Å². The van der Waals surface area contributed by atoms with Crippen LogP contribution in [0.25, 0.3) is 0 Å². The number of nitrogens with zero attached hydrogens (tertiary/aromatic N) is 2. The quantitative estimate of drug-likeness (QED) is 0.554. The van der Waals surface area contributed by atoms with Crippen molar-refractivity contribution in [1.29, 1.82) is 0 Å². The van der Waals surface area contributed by atoms with Crippen LogP contribution in [0.1, 0.15) is 19.4 Å². The van der Waals surface area contributed by atoms with Crippen LogP contribution in [0.2, 0.25) is 0 Å². The fourth-order valence-corrected chi connectivity index (χ4v) is 3.20. The van der Waals surface area contributed by atoms with Gasteiger partial charge in [0.15, 0.2) is 5.96 Å². The van der Waals surface area contributed by atoms with Crippen LogP contribution < -0.4 is 10.6 Å². The van der Waals surface area contributed by atoms with Crippen LogP contribution in [0.5, 0.6) is 0 Å². The lowest BCUT2D eigenvalue weighted by molar-refractivity contribution is 0.00752. The number of hydrogen-bond donors (Lipinski definition) is 2. The van der Waals surface area contributed by atoms with Crippen LogP contribution in [0.4, 0.5) is 4.39 Å². The Morgan fingerprint density at radius 3 is 2.64 bits per heavy atom. The SMILES string of the molecule is CN=C(NCc1ccc(Br)c(F)c1)NCC(C(C)C)N1CCOCC1. The number of morpholine rings is 1. The van der Waals surface area contributed by atoms with Gasteiger partial charge in [0.1, 0.15) is 5.82 Å². The second-order valence-electron chi connectivity index (χ2n) is 6.51. The van der Waals surface area contributed by atoms with E-state index in [9.17, 15) is 4.39 Å². The summed E-state index contributed by atoms with van der Waals surface area (Å²) in [6, 6.07) is 5.55. The zero-order valence-electron chi connectivity index (χ0n) is 15.2. The van der Waals surface area contributed by atoms with Gasteiger partial charge >= 0.3 is 0 Å². The van der Waals surface area contributed by atoms with Gasteiger partial charge in [-0.15, -0.1) is 0 Å². The molecule has 0 amide bonds. The van der Waals surface area contributed by atoms with E-state index in [1.807, 2.05) is 6.07 Å². The van der Waals surface area contributed by atoms with Crippen molar-refractivity contribution in [1.82, 2.24) is 15.5 Å². The number of ether oxygens (including phenoxy) is 1. The van der Waals surface area contributed by atoms with Crippen LogP contribution in [0, 0.1) is 11.7 Å². The first kappa shape index (κ1) is 20.1. The molecular weight excluding hydrogens is 387 g/mol. The Bertz CT molecular complexity index is 576. The Hall–Kier alpha value is -1.18. The third kappa shape index (κ3) is 6.24. The molecule has 1 aliphatic rings.